The number of aromatic nitrogens is 3. The van der Waals surface area contributed by atoms with Crippen LogP contribution in [0.5, 0.6) is 0 Å². The number of benzene rings is 1. The van der Waals surface area contributed by atoms with E-state index >= 15 is 0 Å². The summed E-state index contributed by atoms with van der Waals surface area (Å²) in [5.41, 5.74) is 5.77. The molecule has 4 heteroatoms. The van der Waals surface area contributed by atoms with E-state index in [0.717, 1.165) is 34.5 Å². The van der Waals surface area contributed by atoms with Crippen molar-refractivity contribution in [3.05, 3.63) is 58.0 Å². The van der Waals surface area contributed by atoms with Gasteiger partial charge in [0.1, 0.15) is 0 Å². The van der Waals surface area contributed by atoms with E-state index in [2.05, 4.69) is 51.8 Å². The molecule has 2 heterocycles. The van der Waals surface area contributed by atoms with Crippen molar-refractivity contribution in [1.82, 2.24) is 14.5 Å². The van der Waals surface area contributed by atoms with Gasteiger partial charge in [0, 0.05) is 12.7 Å². The normalized spacial score (nSPS) is 11.1. The number of nitrogens with zero attached hydrogens (tertiary/aromatic N) is 2. The third-order valence-electron chi connectivity index (χ3n) is 3.61. The van der Waals surface area contributed by atoms with Crippen molar-refractivity contribution in [2.75, 3.05) is 0 Å². The van der Waals surface area contributed by atoms with Crippen LogP contribution < -0.4 is 0 Å². The summed E-state index contributed by atoms with van der Waals surface area (Å²) < 4.78 is 2.82. The molecule has 0 unspecified atom stereocenters. The third kappa shape index (κ3) is 2.39. The number of rotatable bonds is 3. The van der Waals surface area contributed by atoms with Crippen LogP contribution >= 0.6 is 12.2 Å². The number of pyridine rings is 1. The van der Waals surface area contributed by atoms with Crippen LogP contribution in [0, 0.1) is 18.6 Å². The minimum Gasteiger partial charge on any atom is -0.329 e. The Balaban J connectivity index is 1.94. The molecule has 2 aromatic heterocycles. The minimum absolute atomic E-state index is 0.742. The fourth-order valence-corrected chi connectivity index (χ4v) is 2.77. The molecule has 0 saturated carbocycles. The lowest BCUT2D eigenvalue weighted by molar-refractivity contribution is 0.698. The first-order valence-corrected chi connectivity index (χ1v) is 7.15. The lowest BCUT2D eigenvalue weighted by Gasteiger charge is -2.07. The number of hydrogen-bond acceptors (Lipinski definition) is 2. The molecule has 0 aliphatic rings. The fourth-order valence-electron chi connectivity index (χ4n) is 2.48. The number of nitrogens with one attached hydrogen (secondary N) is 1. The molecule has 0 saturated heterocycles. The van der Waals surface area contributed by atoms with E-state index in [-0.39, 0.29) is 0 Å². The van der Waals surface area contributed by atoms with E-state index in [9.17, 15) is 0 Å². The highest BCUT2D eigenvalue weighted by atomic mass is 32.1. The van der Waals surface area contributed by atoms with Crippen molar-refractivity contribution in [2.24, 2.45) is 0 Å². The molecule has 0 amide bonds. The molecule has 0 aliphatic heterocycles. The van der Waals surface area contributed by atoms with Crippen molar-refractivity contribution in [3.8, 4) is 0 Å². The molecule has 1 aromatic carbocycles. The van der Waals surface area contributed by atoms with E-state index in [1.54, 1.807) is 0 Å². The van der Waals surface area contributed by atoms with Crippen LogP contribution in [0.25, 0.3) is 11.2 Å². The molecule has 3 nitrogen and oxygen atoms in total. The van der Waals surface area contributed by atoms with Gasteiger partial charge in [0.2, 0.25) is 0 Å². The van der Waals surface area contributed by atoms with E-state index in [1.807, 2.05) is 13.1 Å². The molecule has 0 spiro atoms. The molecule has 3 aromatic rings. The Labute approximate surface area is 123 Å². The standard InChI is InChI=1S/C16H17N3S/c1-11-9-14-15(17-10-11)19(16(20)18-14)8-7-13-6-4-3-5-12(13)2/h3-6,9-10H,7-8H2,1-2H3,(H,18,20). The highest BCUT2D eigenvalue weighted by molar-refractivity contribution is 7.71. The second-order valence-electron chi connectivity index (χ2n) is 5.14. The average Bonchev–Trinajstić information content (AvgIpc) is 2.73. The van der Waals surface area contributed by atoms with Gasteiger partial charge < -0.3 is 9.55 Å². The molecule has 1 N–H and O–H groups in total. The topological polar surface area (TPSA) is 33.6 Å². The van der Waals surface area contributed by atoms with E-state index in [4.69, 9.17) is 12.2 Å². The monoisotopic (exact) mass is 283 g/mol. The van der Waals surface area contributed by atoms with Gasteiger partial charge in [-0.05, 0) is 55.2 Å². The predicted octanol–water partition coefficient (Wildman–Crippen LogP) is 3.95. The summed E-state index contributed by atoms with van der Waals surface area (Å²) in [6.07, 6.45) is 2.85. The van der Waals surface area contributed by atoms with Crippen molar-refractivity contribution < 1.29 is 0 Å². The van der Waals surface area contributed by atoms with Gasteiger partial charge in [-0.3, -0.25) is 0 Å². The molecular formula is C16H17N3S. The zero-order valence-electron chi connectivity index (χ0n) is 11.7. The van der Waals surface area contributed by atoms with Crippen molar-refractivity contribution >= 4 is 23.4 Å². The summed E-state index contributed by atoms with van der Waals surface area (Å²) in [6.45, 7) is 5.03. The van der Waals surface area contributed by atoms with Crippen LogP contribution in [0.1, 0.15) is 16.7 Å². The second kappa shape index (κ2) is 5.21. The summed E-state index contributed by atoms with van der Waals surface area (Å²) in [5, 5.41) is 0. The van der Waals surface area contributed by atoms with Gasteiger partial charge >= 0.3 is 0 Å². The Kier molecular flexibility index (Phi) is 3.40. The summed E-state index contributed by atoms with van der Waals surface area (Å²) >= 11 is 5.41. The lowest BCUT2D eigenvalue weighted by Crippen LogP contribution is -2.03. The molecule has 0 fully saturated rings. The van der Waals surface area contributed by atoms with E-state index in [1.165, 1.54) is 11.1 Å². The van der Waals surface area contributed by atoms with Crippen LogP contribution in [-0.2, 0) is 13.0 Å². The first-order chi connectivity index (χ1) is 9.65. The summed E-state index contributed by atoms with van der Waals surface area (Å²) in [6, 6.07) is 10.6. The van der Waals surface area contributed by atoms with Gasteiger partial charge in [0.05, 0.1) is 5.52 Å². The SMILES string of the molecule is Cc1cnc2c(c1)[nH]c(=S)n2CCc1ccccc1C. The first kappa shape index (κ1) is 13.1. The Morgan fingerprint density at radius 1 is 1.25 bits per heavy atom. The van der Waals surface area contributed by atoms with Crippen LogP contribution in [-0.4, -0.2) is 14.5 Å². The molecule has 3 rings (SSSR count). The molecule has 20 heavy (non-hydrogen) atoms. The van der Waals surface area contributed by atoms with Crippen molar-refractivity contribution in [2.45, 2.75) is 26.8 Å². The van der Waals surface area contributed by atoms with Crippen LogP contribution in [0.2, 0.25) is 0 Å². The van der Waals surface area contributed by atoms with Gasteiger partial charge in [0.25, 0.3) is 0 Å². The van der Waals surface area contributed by atoms with E-state index < -0.39 is 0 Å². The van der Waals surface area contributed by atoms with Crippen molar-refractivity contribution in [1.29, 1.82) is 0 Å². The average molecular weight is 283 g/mol. The fraction of sp³-hybridized carbons (Fsp3) is 0.250. The quantitative estimate of drug-likeness (QED) is 0.738. The highest BCUT2D eigenvalue weighted by Crippen LogP contribution is 2.15. The molecule has 0 aliphatic carbocycles. The molecule has 102 valence electrons. The van der Waals surface area contributed by atoms with Crippen LogP contribution in [0.3, 0.4) is 0 Å². The van der Waals surface area contributed by atoms with Gasteiger partial charge in [-0.15, -0.1) is 0 Å². The Bertz CT molecular complexity index is 814. The predicted molar refractivity (Wildman–Crippen MR) is 84.5 cm³/mol. The van der Waals surface area contributed by atoms with Gasteiger partial charge in [-0.2, -0.15) is 0 Å². The maximum absolute atomic E-state index is 5.41. The minimum atomic E-state index is 0.742. The van der Waals surface area contributed by atoms with Gasteiger partial charge in [-0.1, -0.05) is 24.3 Å². The number of imidazole rings is 1. The highest BCUT2D eigenvalue weighted by Gasteiger charge is 2.06. The number of H-pyrrole nitrogens is 1. The lowest BCUT2D eigenvalue weighted by atomic mass is 10.1. The summed E-state index contributed by atoms with van der Waals surface area (Å²) in [5.74, 6) is 0. The second-order valence-corrected chi connectivity index (χ2v) is 5.53. The number of aromatic amines is 1. The van der Waals surface area contributed by atoms with Gasteiger partial charge in [0.15, 0.2) is 10.4 Å². The zero-order valence-corrected chi connectivity index (χ0v) is 12.5. The third-order valence-corrected chi connectivity index (χ3v) is 3.93. The van der Waals surface area contributed by atoms with E-state index in [0.29, 0.717) is 0 Å². The number of hydrogen-bond donors (Lipinski definition) is 1. The first-order valence-electron chi connectivity index (χ1n) is 6.75. The Hall–Kier alpha value is -1.94. The zero-order chi connectivity index (χ0) is 14.1. The largest absolute Gasteiger partial charge is 0.329 e. The maximum atomic E-state index is 5.41. The maximum Gasteiger partial charge on any atom is 0.179 e. The Morgan fingerprint density at radius 2 is 2.05 bits per heavy atom. The number of aryl methyl sites for hydroxylation is 4. The smallest absolute Gasteiger partial charge is 0.179 e. The van der Waals surface area contributed by atoms with Crippen LogP contribution in [0.15, 0.2) is 36.5 Å². The number of fused-ring (bicyclic) bond motifs is 1. The molecular weight excluding hydrogens is 266 g/mol. The van der Waals surface area contributed by atoms with Crippen molar-refractivity contribution in [3.63, 3.8) is 0 Å². The van der Waals surface area contributed by atoms with Gasteiger partial charge in [-0.25, -0.2) is 4.98 Å². The Morgan fingerprint density at radius 3 is 2.85 bits per heavy atom. The molecule has 0 radical (unpaired) electrons. The molecule has 0 bridgehead atoms. The summed E-state index contributed by atoms with van der Waals surface area (Å²) in [4.78, 5) is 7.74. The van der Waals surface area contributed by atoms with Crippen LogP contribution in [0.4, 0.5) is 0 Å². The molecule has 0 atom stereocenters. The summed E-state index contributed by atoms with van der Waals surface area (Å²) in [7, 11) is 0.